The highest BCUT2D eigenvalue weighted by Gasteiger charge is 2.32. The Bertz CT molecular complexity index is 246. The Morgan fingerprint density at radius 1 is 1.25 bits per heavy atom. The summed E-state index contributed by atoms with van der Waals surface area (Å²) in [6.07, 6.45) is 8.22. The van der Waals surface area contributed by atoms with Gasteiger partial charge in [-0.05, 0) is 44.4 Å². The van der Waals surface area contributed by atoms with Gasteiger partial charge in [0.2, 0.25) is 5.91 Å². The molecule has 0 aromatic heterocycles. The second-order valence-corrected chi connectivity index (χ2v) is 5.36. The minimum atomic E-state index is -0.224. The van der Waals surface area contributed by atoms with Crippen LogP contribution in [0.2, 0.25) is 0 Å². The second kappa shape index (κ2) is 5.17. The van der Waals surface area contributed by atoms with Crippen LogP contribution in [0.4, 0.5) is 0 Å². The topological polar surface area (TPSA) is 46.3 Å². The molecule has 2 rings (SSSR count). The second-order valence-electron chi connectivity index (χ2n) is 5.36. The standard InChI is InChI=1S/C13H24N2O/c1-2-10-5-7-11(8-6-10)15-9-3-4-12(14)13(15)16/h10-12H,2-9,14H2,1H3. The van der Waals surface area contributed by atoms with Gasteiger partial charge in [-0.2, -0.15) is 0 Å². The van der Waals surface area contributed by atoms with E-state index >= 15 is 0 Å². The molecule has 2 fully saturated rings. The molecule has 0 bridgehead atoms. The van der Waals surface area contributed by atoms with Gasteiger partial charge in [-0.25, -0.2) is 0 Å². The SMILES string of the molecule is CCC1CCC(N2CCCC(N)C2=O)CC1. The molecule has 2 aliphatic rings. The first-order valence-corrected chi connectivity index (χ1v) is 6.78. The normalized spacial score (nSPS) is 36.5. The van der Waals surface area contributed by atoms with Crippen molar-refractivity contribution in [3.63, 3.8) is 0 Å². The Morgan fingerprint density at radius 2 is 1.94 bits per heavy atom. The van der Waals surface area contributed by atoms with Gasteiger partial charge in [0.25, 0.3) is 0 Å². The van der Waals surface area contributed by atoms with Gasteiger partial charge >= 0.3 is 0 Å². The highest BCUT2D eigenvalue weighted by Crippen LogP contribution is 2.30. The average Bonchev–Trinajstić information content (AvgIpc) is 2.33. The van der Waals surface area contributed by atoms with Crippen molar-refractivity contribution in [3.8, 4) is 0 Å². The van der Waals surface area contributed by atoms with Crippen LogP contribution in [-0.4, -0.2) is 29.4 Å². The molecule has 1 aliphatic heterocycles. The Hall–Kier alpha value is -0.570. The molecule has 1 saturated carbocycles. The molecule has 1 atom stereocenters. The fourth-order valence-corrected chi connectivity index (χ4v) is 3.16. The highest BCUT2D eigenvalue weighted by atomic mass is 16.2. The number of piperidine rings is 1. The lowest BCUT2D eigenvalue weighted by atomic mass is 9.83. The van der Waals surface area contributed by atoms with Crippen molar-refractivity contribution < 1.29 is 4.79 Å². The van der Waals surface area contributed by atoms with Crippen LogP contribution in [0.5, 0.6) is 0 Å². The number of nitrogens with zero attached hydrogens (tertiary/aromatic N) is 1. The van der Waals surface area contributed by atoms with E-state index in [1.54, 1.807) is 0 Å². The maximum Gasteiger partial charge on any atom is 0.239 e. The zero-order chi connectivity index (χ0) is 11.5. The number of hydrogen-bond donors (Lipinski definition) is 1. The number of rotatable bonds is 2. The third-order valence-corrected chi connectivity index (χ3v) is 4.35. The molecule has 1 saturated heterocycles. The van der Waals surface area contributed by atoms with Gasteiger partial charge in [-0.15, -0.1) is 0 Å². The molecule has 0 radical (unpaired) electrons. The first kappa shape index (κ1) is 11.9. The fourth-order valence-electron chi connectivity index (χ4n) is 3.16. The lowest BCUT2D eigenvalue weighted by Crippen LogP contribution is -2.53. The number of likely N-dealkylation sites (tertiary alicyclic amines) is 1. The Balaban J connectivity index is 1.90. The molecule has 3 heteroatoms. The van der Waals surface area contributed by atoms with Crippen LogP contribution < -0.4 is 5.73 Å². The van der Waals surface area contributed by atoms with Crippen molar-refractivity contribution in [2.24, 2.45) is 11.7 Å². The van der Waals surface area contributed by atoms with Crippen molar-refractivity contribution in [3.05, 3.63) is 0 Å². The Labute approximate surface area is 98.4 Å². The van der Waals surface area contributed by atoms with Crippen LogP contribution in [0, 0.1) is 5.92 Å². The number of carbonyl (C=O) groups excluding carboxylic acids is 1. The summed E-state index contributed by atoms with van der Waals surface area (Å²) in [6.45, 7) is 3.21. The van der Waals surface area contributed by atoms with Gasteiger partial charge in [0, 0.05) is 12.6 Å². The molecule has 92 valence electrons. The van der Waals surface area contributed by atoms with Crippen LogP contribution in [0.3, 0.4) is 0 Å². The van der Waals surface area contributed by atoms with Gasteiger partial charge in [0.15, 0.2) is 0 Å². The van der Waals surface area contributed by atoms with Crippen molar-refractivity contribution in [1.29, 1.82) is 0 Å². The molecule has 1 unspecified atom stereocenters. The average molecular weight is 224 g/mol. The van der Waals surface area contributed by atoms with Gasteiger partial charge < -0.3 is 10.6 Å². The van der Waals surface area contributed by atoms with Crippen molar-refractivity contribution in [2.45, 2.75) is 64.0 Å². The van der Waals surface area contributed by atoms with Crippen LogP contribution in [0.15, 0.2) is 0 Å². The summed E-state index contributed by atoms with van der Waals surface area (Å²) in [5, 5.41) is 0. The smallest absolute Gasteiger partial charge is 0.239 e. The Kier molecular flexibility index (Phi) is 3.85. The molecule has 0 spiro atoms. The van der Waals surface area contributed by atoms with E-state index in [1.807, 2.05) is 0 Å². The van der Waals surface area contributed by atoms with Crippen LogP contribution in [0.1, 0.15) is 51.9 Å². The largest absolute Gasteiger partial charge is 0.338 e. The summed E-state index contributed by atoms with van der Waals surface area (Å²) in [4.78, 5) is 14.0. The maximum absolute atomic E-state index is 12.0. The predicted molar refractivity (Wildman–Crippen MR) is 65.0 cm³/mol. The van der Waals surface area contributed by atoms with Gasteiger partial charge in [0.1, 0.15) is 0 Å². The van der Waals surface area contributed by atoms with Crippen LogP contribution in [0.25, 0.3) is 0 Å². The Morgan fingerprint density at radius 3 is 2.56 bits per heavy atom. The van der Waals surface area contributed by atoms with Crippen LogP contribution in [-0.2, 0) is 4.79 Å². The van der Waals surface area contributed by atoms with E-state index in [1.165, 1.54) is 32.1 Å². The summed E-state index contributed by atoms with van der Waals surface area (Å²) in [5.41, 5.74) is 5.84. The number of hydrogen-bond acceptors (Lipinski definition) is 2. The third kappa shape index (κ3) is 2.40. The van der Waals surface area contributed by atoms with E-state index in [-0.39, 0.29) is 11.9 Å². The molecule has 0 aromatic carbocycles. The summed E-state index contributed by atoms with van der Waals surface area (Å²) < 4.78 is 0. The molecule has 1 aliphatic carbocycles. The number of carbonyl (C=O) groups is 1. The van der Waals surface area contributed by atoms with E-state index in [2.05, 4.69) is 11.8 Å². The van der Waals surface area contributed by atoms with Crippen molar-refractivity contribution >= 4 is 5.91 Å². The summed E-state index contributed by atoms with van der Waals surface area (Å²) in [5.74, 6) is 1.09. The summed E-state index contributed by atoms with van der Waals surface area (Å²) in [6, 6.07) is 0.263. The van der Waals surface area contributed by atoms with E-state index in [4.69, 9.17) is 5.73 Å². The van der Waals surface area contributed by atoms with Crippen molar-refractivity contribution in [1.82, 2.24) is 4.90 Å². The lowest BCUT2D eigenvalue weighted by molar-refractivity contribution is -0.138. The van der Waals surface area contributed by atoms with E-state index in [0.717, 1.165) is 25.3 Å². The summed E-state index contributed by atoms with van der Waals surface area (Å²) in [7, 11) is 0. The monoisotopic (exact) mass is 224 g/mol. The zero-order valence-electron chi connectivity index (χ0n) is 10.3. The minimum Gasteiger partial charge on any atom is -0.338 e. The van der Waals surface area contributed by atoms with E-state index in [0.29, 0.717) is 6.04 Å². The highest BCUT2D eigenvalue weighted by molar-refractivity contribution is 5.82. The number of amides is 1. The molecule has 1 heterocycles. The fraction of sp³-hybridized carbons (Fsp3) is 0.923. The van der Waals surface area contributed by atoms with E-state index in [9.17, 15) is 4.79 Å². The molecule has 3 nitrogen and oxygen atoms in total. The molecule has 1 amide bonds. The first-order chi connectivity index (χ1) is 7.72. The molecule has 0 aromatic rings. The van der Waals surface area contributed by atoms with Crippen LogP contribution >= 0.6 is 0 Å². The lowest BCUT2D eigenvalue weighted by Gasteiger charge is -2.40. The van der Waals surface area contributed by atoms with Crippen molar-refractivity contribution in [2.75, 3.05) is 6.54 Å². The quantitative estimate of drug-likeness (QED) is 0.778. The molecular formula is C13H24N2O. The van der Waals surface area contributed by atoms with Gasteiger partial charge in [0.05, 0.1) is 6.04 Å². The molecule has 2 N–H and O–H groups in total. The molecular weight excluding hydrogens is 200 g/mol. The maximum atomic E-state index is 12.0. The third-order valence-electron chi connectivity index (χ3n) is 4.35. The van der Waals surface area contributed by atoms with Gasteiger partial charge in [-0.1, -0.05) is 13.3 Å². The zero-order valence-corrected chi connectivity index (χ0v) is 10.3. The van der Waals surface area contributed by atoms with Gasteiger partial charge in [-0.3, -0.25) is 4.79 Å². The molecule has 16 heavy (non-hydrogen) atoms. The van der Waals surface area contributed by atoms with E-state index < -0.39 is 0 Å². The first-order valence-electron chi connectivity index (χ1n) is 6.78. The number of nitrogens with two attached hydrogens (primary N) is 1. The minimum absolute atomic E-state index is 0.200. The predicted octanol–water partition coefficient (Wildman–Crippen LogP) is 1.90. The summed E-state index contributed by atoms with van der Waals surface area (Å²) >= 11 is 0.